The van der Waals surface area contributed by atoms with Crippen molar-refractivity contribution in [3.05, 3.63) is 58.1 Å². The summed E-state index contributed by atoms with van der Waals surface area (Å²) < 4.78 is 0. The summed E-state index contributed by atoms with van der Waals surface area (Å²) in [6.45, 7) is 0. The van der Waals surface area contributed by atoms with Gasteiger partial charge >= 0.3 is 5.69 Å². The Kier molecular flexibility index (Phi) is 3.42. The second kappa shape index (κ2) is 5.18. The Morgan fingerprint density at radius 2 is 1.95 bits per heavy atom. The molecule has 0 saturated carbocycles. The van der Waals surface area contributed by atoms with E-state index in [-0.39, 0.29) is 5.75 Å². The zero-order valence-corrected chi connectivity index (χ0v) is 9.72. The number of nitro groups is 1. The van der Waals surface area contributed by atoms with Crippen molar-refractivity contribution in [1.82, 2.24) is 0 Å². The van der Waals surface area contributed by atoms with Gasteiger partial charge in [0.2, 0.25) is 0 Å². The van der Waals surface area contributed by atoms with E-state index in [0.29, 0.717) is 11.3 Å². The Morgan fingerprint density at radius 1 is 1.16 bits per heavy atom. The minimum absolute atomic E-state index is 0.112. The first-order chi connectivity index (χ1) is 9.06. The minimum Gasteiger partial charge on any atom is -0.508 e. The Morgan fingerprint density at radius 3 is 2.63 bits per heavy atom. The average Bonchev–Trinajstić information content (AvgIpc) is 2.37. The molecule has 0 amide bonds. The van der Waals surface area contributed by atoms with E-state index < -0.39 is 16.4 Å². The molecule has 0 aliphatic rings. The van der Waals surface area contributed by atoms with E-state index in [1.807, 2.05) is 0 Å². The number of phenols is 2. The van der Waals surface area contributed by atoms with Gasteiger partial charge in [0.15, 0.2) is 5.75 Å². The summed E-state index contributed by atoms with van der Waals surface area (Å²) in [6.07, 6.45) is 1.47. The number of nitro benzene ring substituents is 1. The highest BCUT2D eigenvalue weighted by Crippen LogP contribution is 2.29. The molecule has 2 N–H and O–H groups in total. The van der Waals surface area contributed by atoms with Gasteiger partial charge in [0.1, 0.15) is 5.75 Å². The van der Waals surface area contributed by atoms with Gasteiger partial charge in [-0.15, -0.1) is 0 Å². The molecule has 0 heterocycles. The summed E-state index contributed by atoms with van der Waals surface area (Å²) in [5.74, 6) is -0.290. The Labute approximate surface area is 108 Å². The summed E-state index contributed by atoms with van der Waals surface area (Å²) in [4.78, 5) is 14.0. The lowest BCUT2D eigenvalue weighted by Crippen LogP contribution is -1.88. The molecule has 0 aromatic heterocycles. The van der Waals surface area contributed by atoms with Gasteiger partial charge < -0.3 is 10.2 Å². The Hall–Kier alpha value is -2.89. The van der Waals surface area contributed by atoms with Gasteiger partial charge in [0.05, 0.1) is 10.6 Å². The fraction of sp³-hybridized carbons (Fsp3) is 0. The van der Waals surface area contributed by atoms with Crippen LogP contribution in [0, 0.1) is 10.1 Å². The van der Waals surface area contributed by atoms with Crippen molar-refractivity contribution in [2.24, 2.45) is 4.99 Å². The van der Waals surface area contributed by atoms with E-state index in [1.54, 1.807) is 12.1 Å². The van der Waals surface area contributed by atoms with E-state index >= 15 is 0 Å². The van der Waals surface area contributed by atoms with E-state index in [1.165, 1.54) is 36.5 Å². The first-order valence-electron chi connectivity index (χ1n) is 5.37. The summed E-state index contributed by atoms with van der Waals surface area (Å²) in [5.41, 5.74) is 0.606. The number of hydrogen-bond donors (Lipinski definition) is 2. The number of benzene rings is 2. The molecule has 2 aromatic rings. The van der Waals surface area contributed by atoms with Crippen molar-refractivity contribution in [1.29, 1.82) is 0 Å². The van der Waals surface area contributed by atoms with E-state index in [2.05, 4.69) is 4.99 Å². The lowest BCUT2D eigenvalue weighted by Gasteiger charge is -1.98. The van der Waals surface area contributed by atoms with Crippen molar-refractivity contribution in [2.45, 2.75) is 0 Å². The van der Waals surface area contributed by atoms with Crippen molar-refractivity contribution in [3.63, 3.8) is 0 Å². The first-order valence-corrected chi connectivity index (χ1v) is 5.37. The fourth-order valence-corrected chi connectivity index (χ4v) is 1.49. The maximum absolute atomic E-state index is 10.7. The highest BCUT2D eigenvalue weighted by atomic mass is 16.6. The van der Waals surface area contributed by atoms with E-state index in [4.69, 9.17) is 0 Å². The Balaban J connectivity index is 2.29. The van der Waals surface area contributed by atoms with Crippen LogP contribution in [-0.2, 0) is 0 Å². The molecule has 6 nitrogen and oxygen atoms in total. The quantitative estimate of drug-likeness (QED) is 0.502. The van der Waals surface area contributed by atoms with Gasteiger partial charge in [-0.2, -0.15) is 0 Å². The zero-order valence-electron chi connectivity index (χ0n) is 9.72. The van der Waals surface area contributed by atoms with Crippen LogP contribution in [0.5, 0.6) is 11.5 Å². The van der Waals surface area contributed by atoms with Crippen molar-refractivity contribution in [2.75, 3.05) is 0 Å². The van der Waals surface area contributed by atoms with Crippen LogP contribution in [0.4, 0.5) is 11.4 Å². The van der Waals surface area contributed by atoms with E-state index in [9.17, 15) is 20.3 Å². The second-order valence-electron chi connectivity index (χ2n) is 3.78. The zero-order chi connectivity index (χ0) is 13.8. The molecule has 96 valence electrons. The predicted molar refractivity (Wildman–Crippen MR) is 70.1 cm³/mol. The molecule has 0 atom stereocenters. The smallest absolute Gasteiger partial charge is 0.312 e. The summed E-state index contributed by atoms with van der Waals surface area (Å²) in [7, 11) is 0. The molecule has 6 heteroatoms. The van der Waals surface area contributed by atoms with Gasteiger partial charge in [-0.05, 0) is 29.8 Å². The maximum Gasteiger partial charge on any atom is 0.312 e. The van der Waals surface area contributed by atoms with Crippen LogP contribution in [0.2, 0.25) is 0 Å². The third kappa shape index (κ3) is 3.06. The summed E-state index contributed by atoms with van der Waals surface area (Å²) in [5, 5.41) is 29.2. The largest absolute Gasteiger partial charge is 0.508 e. The third-order valence-electron chi connectivity index (χ3n) is 2.39. The molecule has 0 unspecified atom stereocenters. The topological polar surface area (TPSA) is 96.0 Å². The van der Waals surface area contributed by atoms with E-state index in [0.717, 1.165) is 0 Å². The van der Waals surface area contributed by atoms with Crippen LogP contribution >= 0.6 is 0 Å². The maximum atomic E-state index is 10.7. The fourth-order valence-electron chi connectivity index (χ4n) is 1.49. The Bertz CT molecular complexity index is 653. The molecule has 0 aliphatic carbocycles. The predicted octanol–water partition coefficient (Wildman–Crippen LogP) is 2.76. The molecule has 0 spiro atoms. The van der Waals surface area contributed by atoms with Gasteiger partial charge in [0, 0.05) is 12.3 Å². The molecule has 0 saturated heterocycles. The van der Waals surface area contributed by atoms with Gasteiger partial charge in [0.25, 0.3) is 0 Å². The number of hydrogen-bond acceptors (Lipinski definition) is 5. The van der Waals surface area contributed by atoms with Gasteiger partial charge in [-0.3, -0.25) is 15.1 Å². The lowest BCUT2D eigenvalue weighted by atomic mass is 10.2. The van der Waals surface area contributed by atoms with Crippen LogP contribution in [0.3, 0.4) is 0 Å². The number of nitrogens with zero attached hydrogens (tertiary/aromatic N) is 2. The standard InChI is InChI=1S/C13H10N2O4/c16-11-3-1-2-9(6-11)8-14-10-4-5-13(17)12(7-10)15(18)19/h1-8,16-17H. The monoisotopic (exact) mass is 258 g/mol. The average molecular weight is 258 g/mol. The highest BCUT2D eigenvalue weighted by molar-refractivity contribution is 5.82. The molecular formula is C13H10N2O4. The van der Waals surface area contributed by atoms with Crippen LogP contribution in [0.1, 0.15) is 5.56 Å². The van der Waals surface area contributed by atoms with Crippen LogP contribution in [0.15, 0.2) is 47.5 Å². The first kappa shape index (κ1) is 12.6. The molecular weight excluding hydrogens is 248 g/mol. The molecule has 0 radical (unpaired) electrons. The molecule has 19 heavy (non-hydrogen) atoms. The van der Waals surface area contributed by atoms with Crippen molar-refractivity contribution in [3.8, 4) is 11.5 Å². The number of phenolic OH excluding ortho intramolecular Hbond substituents is 2. The summed E-state index contributed by atoms with van der Waals surface area (Å²) in [6, 6.07) is 10.3. The van der Waals surface area contributed by atoms with Gasteiger partial charge in [-0.25, -0.2) is 0 Å². The second-order valence-corrected chi connectivity index (χ2v) is 3.78. The van der Waals surface area contributed by atoms with Crippen LogP contribution in [-0.4, -0.2) is 21.4 Å². The molecule has 0 bridgehead atoms. The highest BCUT2D eigenvalue weighted by Gasteiger charge is 2.12. The molecule has 2 rings (SSSR count). The molecule has 0 aliphatic heterocycles. The number of aliphatic imine (C=N–C) groups is 1. The lowest BCUT2D eigenvalue weighted by molar-refractivity contribution is -0.385. The SMILES string of the molecule is O=[N+]([O-])c1cc(N=Cc2cccc(O)c2)ccc1O. The number of aromatic hydroxyl groups is 2. The van der Waals surface area contributed by atoms with Crippen LogP contribution in [0.25, 0.3) is 0 Å². The summed E-state index contributed by atoms with van der Waals surface area (Å²) >= 11 is 0. The normalized spacial score (nSPS) is 10.7. The van der Waals surface area contributed by atoms with Crippen molar-refractivity contribution >= 4 is 17.6 Å². The third-order valence-corrected chi connectivity index (χ3v) is 2.39. The molecule has 2 aromatic carbocycles. The van der Waals surface area contributed by atoms with Gasteiger partial charge in [-0.1, -0.05) is 12.1 Å². The number of rotatable bonds is 3. The van der Waals surface area contributed by atoms with Crippen molar-refractivity contribution < 1.29 is 15.1 Å². The van der Waals surface area contributed by atoms with Crippen LogP contribution < -0.4 is 0 Å². The minimum atomic E-state index is -0.678. The molecule has 0 fully saturated rings.